The first kappa shape index (κ1) is 13.8. The molecule has 0 amide bonds. The topological polar surface area (TPSA) is 42.5 Å². The molecular weight excluding hydrogens is 180 g/mol. The molecule has 0 fully saturated rings. The second-order valence-corrected chi connectivity index (χ2v) is 3.40. The number of rotatable bonds is 10. The van der Waals surface area contributed by atoms with Gasteiger partial charge in [-0.1, -0.05) is 0 Å². The molecule has 0 rings (SSSR count). The predicted octanol–water partition coefficient (Wildman–Crippen LogP) is 0.237. The first-order chi connectivity index (χ1) is 6.81. The molecule has 0 bridgehead atoms. The minimum Gasteiger partial charge on any atom is -0.385 e. The Bertz CT molecular complexity index is 100. The zero-order valence-electron chi connectivity index (χ0n) is 9.64. The van der Waals surface area contributed by atoms with Crippen LogP contribution < -0.4 is 10.6 Å². The highest BCUT2D eigenvalue weighted by Gasteiger charge is 1.98. The standard InChI is InChI=1S/C10H24N2O2/c1-10(9-11-6-8-14-3)12-5-4-7-13-2/h10-12H,4-9H2,1-3H3. The minimum absolute atomic E-state index is 0.503. The van der Waals surface area contributed by atoms with Gasteiger partial charge >= 0.3 is 0 Å². The second-order valence-electron chi connectivity index (χ2n) is 3.40. The summed E-state index contributed by atoms with van der Waals surface area (Å²) in [6, 6.07) is 0.503. The summed E-state index contributed by atoms with van der Waals surface area (Å²) in [5.74, 6) is 0. The number of methoxy groups -OCH3 is 2. The largest absolute Gasteiger partial charge is 0.385 e. The number of hydrogen-bond donors (Lipinski definition) is 2. The first-order valence-electron chi connectivity index (χ1n) is 5.23. The number of ether oxygens (including phenoxy) is 2. The van der Waals surface area contributed by atoms with Gasteiger partial charge in [-0.2, -0.15) is 0 Å². The van der Waals surface area contributed by atoms with Crippen LogP contribution in [0.25, 0.3) is 0 Å². The van der Waals surface area contributed by atoms with Crippen molar-refractivity contribution >= 4 is 0 Å². The molecule has 1 unspecified atom stereocenters. The van der Waals surface area contributed by atoms with Crippen LogP contribution >= 0.6 is 0 Å². The molecule has 0 radical (unpaired) electrons. The summed E-state index contributed by atoms with van der Waals surface area (Å²) in [5, 5.41) is 6.72. The van der Waals surface area contributed by atoms with Crippen molar-refractivity contribution in [2.75, 3.05) is 47.1 Å². The maximum Gasteiger partial charge on any atom is 0.0587 e. The lowest BCUT2D eigenvalue weighted by molar-refractivity contribution is 0.192. The number of nitrogens with one attached hydrogen (secondary N) is 2. The summed E-state index contributed by atoms with van der Waals surface area (Å²) >= 11 is 0. The van der Waals surface area contributed by atoms with Gasteiger partial charge in [0, 0.05) is 40.0 Å². The van der Waals surface area contributed by atoms with Gasteiger partial charge < -0.3 is 20.1 Å². The Hall–Kier alpha value is -0.160. The van der Waals surface area contributed by atoms with Crippen LogP contribution in [0, 0.1) is 0 Å². The van der Waals surface area contributed by atoms with Crippen molar-refractivity contribution < 1.29 is 9.47 Å². The van der Waals surface area contributed by atoms with E-state index in [1.165, 1.54) is 0 Å². The Morgan fingerprint density at radius 1 is 1.07 bits per heavy atom. The molecule has 0 aromatic heterocycles. The molecule has 0 aliphatic carbocycles. The molecule has 0 saturated heterocycles. The van der Waals surface area contributed by atoms with Crippen LogP contribution in [0.3, 0.4) is 0 Å². The van der Waals surface area contributed by atoms with Crippen molar-refractivity contribution in [3.05, 3.63) is 0 Å². The Labute approximate surface area is 87.4 Å². The lowest BCUT2D eigenvalue weighted by Gasteiger charge is -2.14. The fraction of sp³-hybridized carbons (Fsp3) is 1.00. The highest BCUT2D eigenvalue weighted by Crippen LogP contribution is 1.82. The summed E-state index contributed by atoms with van der Waals surface area (Å²) in [6.45, 7) is 6.69. The van der Waals surface area contributed by atoms with Crippen molar-refractivity contribution in [2.24, 2.45) is 0 Å². The molecule has 1 atom stereocenters. The summed E-state index contributed by atoms with van der Waals surface area (Å²) in [5.41, 5.74) is 0. The molecular formula is C10H24N2O2. The lowest BCUT2D eigenvalue weighted by Crippen LogP contribution is -2.38. The smallest absolute Gasteiger partial charge is 0.0587 e. The van der Waals surface area contributed by atoms with E-state index in [-0.39, 0.29) is 0 Å². The van der Waals surface area contributed by atoms with Crippen molar-refractivity contribution in [3.63, 3.8) is 0 Å². The van der Waals surface area contributed by atoms with Crippen molar-refractivity contribution in [2.45, 2.75) is 19.4 Å². The summed E-state index contributed by atoms with van der Waals surface area (Å²) in [4.78, 5) is 0. The average Bonchev–Trinajstić information content (AvgIpc) is 2.19. The van der Waals surface area contributed by atoms with Crippen LogP contribution in [0.5, 0.6) is 0 Å². The molecule has 0 saturated carbocycles. The van der Waals surface area contributed by atoms with E-state index in [4.69, 9.17) is 9.47 Å². The third kappa shape index (κ3) is 9.92. The molecule has 86 valence electrons. The van der Waals surface area contributed by atoms with Crippen LogP contribution in [0.15, 0.2) is 0 Å². The van der Waals surface area contributed by atoms with Crippen LogP contribution in [-0.4, -0.2) is 53.1 Å². The Kier molecular flexibility index (Phi) is 10.8. The van der Waals surface area contributed by atoms with Gasteiger partial charge in [0.15, 0.2) is 0 Å². The van der Waals surface area contributed by atoms with Crippen LogP contribution in [-0.2, 0) is 9.47 Å². The monoisotopic (exact) mass is 204 g/mol. The summed E-state index contributed by atoms with van der Waals surface area (Å²) < 4.78 is 9.90. The van der Waals surface area contributed by atoms with E-state index in [0.29, 0.717) is 6.04 Å². The summed E-state index contributed by atoms with van der Waals surface area (Å²) in [6.07, 6.45) is 1.07. The molecule has 4 heteroatoms. The average molecular weight is 204 g/mol. The van der Waals surface area contributed by atoms with E-state index in [0.717, 1.165) is 39.3 Å². The Morgan fingerprint density at radius 3 is 2.43 bits per heavy atom. The molecule has 0 heterocycles. The summed E-state index contributed by atoms with van der Waals surface area (Å²) in [7, 11) is 3.45. The zero-order valence-corrected chi connectivity index (χ0v) is 9.64. The van der Waals surface area contributed by atoms with Gasteiger partial charge in [-0.3, -0.25) is 0 Å². The van der Waals surface area contributed by atoms with Crippen molar-refractivity contribution in [3.8, 4) is 0 Å². The Morgan fingerprint density at radius 2 is 1.79 bits per heavy atom. The molecule has 4 nitrogen and oxygen atoms in total. The van der Waals surface area contributed by atoms with E-state index in [9.17, 15) is 0 Å². The second kappa shape index (κ2) is 10.9. The fourth-order valence-corrected chi connectivity index (χ4v) is 1.13. The number of hydrogen-bond acceptors (Lipinski definition) is 4. The maximum absolute atomic E-state index is 4.96. The van der Waals surface area contributed by atoms with Crippen molar-refractivity contribution in [1.29, 1.82) is 0 Å². The molecule has 0 spiro atoms. The van der Waals surface area contributed by atoms with Gasteiger partial charge in [-0.25, -0.2) is 0 Å². The molecule has 2 N–H and O–H groups in total. The van der Waals surface area contributed by atoms with E-state index < -0.39 is 0 Å². The quantitative estimate of drug-likeness (QED) is 0.500. The molecule has 14 heavy (non-hydrogen) atoms. The van der Waals surface area contributed by atoms with Gasteiger partial charge in [0.25, 0.3) is 0 Å². The van der Waals surface area contributed by atoms with E-state index in [1.807, 2.05) is 0 Å². The van der Waals surface area contributed by atoms with E-state index >= 15 is 0 Å². The first-order valence-corrected chi connectivity index (χ1v) is 5.23. The fourth-order valence-electron chi connectivity index (χ4n) is 1.13. The predicted molar refractivity (Wildman–Crippen MR) is 58.7 cm³/mol. The van der Waals surface area contributed by atoms with Gasteiger partial charge in [0.2, 0.25) is 0 Å². The highest BCUT2D eigenvalue weighted by atomic mass is 16.5. The highest BCUT2D eigenvalue weighted by molar-refractivity contribution is 4.63. The van der Waals surface area contributed by atoms with E-state index in [1.54, 1.807) is 14.2 Å². The maximum atomic E-state index is 4.96. The Balaban J connectivity index is 3.07. The van der Waals surface area contributed by atoms with Crippen LogP contribution in [0.2, 0.25) is 0 Å². The van der Waals surface area contributed by atoms with Gasteiger partial charge in [0.05, 0.1) is 6.61 Å². The normalized spacial score (nSPS) is 13.1. The zero-order chi connectivity index (χ0) is 10.6. The van der Waals surface area contributed by atoms with Crippen LogP contribution in [0.4, 0.5) is 0 Å². The molecule has 0 aliphatic heterocycles. The van der Waals surface area contributed by atoms with E-state index in [2.05, 4.69) is 17.6 Å². The SMILES string of the molecule is COCCCNC(C)CNCCOC. The molecule has 0 aromatic rings. The minimum atomic E-state index is 0.503. The van der Waals surface area contributed by atoms with Crippen molar-refractivity contribution in [1.82, 2.24) is 10.6 Å². The van der Waals surface area contributed by atoms with Gasteiger partial charge in [-0.15, -0.1) is 0 Å². The lowest BCUT2D eigenvalue weighted by atomic mass is 10.3. The third-order valence-electron chi connectivity index (χ3n) is 1.95. The molecule has 0 aliphatic rings. The molecule has 0 aromatic carbocycles. The third-order valence-corrected chi connectivity index (χ3v) is 1.95. The van der Waals surface area contributed by atoms with Gasteiger partial charge in [-0.05, 0) is 19.9 Å². The van der Waals surface area contributed by atoms with Gasteiger partial charge in [0.1, 0.15) is 0 Å². The van der Waals surface area contributed by atoms with Crippen LogP contribution in [0.1, 0.15) is 13.3 Å².